The van der Waals surface area contributed by atoms with E-state index in [0.29, 0.717) is 15.9 Å². The van der Waals surface area contributed by atoms with E-state index in [-0.39, 0.29) is 0 Å². The molecular weight excluding hydrogens is 246 g/mol. The monoisotopic (exact) mass is 259 g/mol. The van der Waals surface area contributed by atoms with Gasteiger partial charge in [-0.25, -0.2) is 4.98 Å². The SMILES string of the molecule is CC.CNc1cnc(Br)cc1C(N)=O. The number of nitrogens with two attached hydrogens (primary N) is 1. The van der Waals surface area contributed by atoms with Crippen molar-refractivity contribution in [2.75, 3.05) is 12.4 Å². The Morgan fingerprint density at radius 3 is 2.57 bits per heavy atom. The number of amides is 1. The van der Waals surface area contributed by atoms with E-state index in [0.717, 1.165) is 0 Å². The topological polar surface area (TPSA) is 68.0 Å². The molecule has 0 aromatic carbocycles. The smallest absolute Gasteiger partial charge is 0.250 e. The highest BCUT2D eigenvalue weighted by molar-refractivity contribution is 9.10. The normalized spacial score (nSPS) is 8.57. The summed E-state index contributed by atoms with van der Waals surface area (Å²) < 4.78 is 0.593. The summed E-state index contributed by atoms with van der Waals surface area (Å²) in [6.45, 7) is 4.00. The van der Waals surface area contributed by atoms with E-state index in [2.05, 4.69) is 26.2 Å². The van der Waals surface area contributed by atoms with Gasteiger partial charge in [0.2, 0.25) is 0 Å². The molecule has 14 heavy (non-hydrogen) atoms. The number of aromatic nitrogens is 1. The molecule has 1 aromatic heterocycles. The predicted molar refractivity (Wildman–Crippen MR) is 61.3 cm³/mol. The molecule has 1 heterocycles. The van der Waals surface area contributed by atoms with Gasteiger partial charge in [0.25, 0.3) is 5.91 Å². The van der Waals surface area contributed by atoms with Crippen LogP contribution in [0.3, 0.4) is 0 Å². The summed E-state index contributed by atoms with van der Waals surface area (Å²) in [7, 11) is 1.71. The second-order valence-corrected chi connectivity index (χ2v) is 2.98. The highest BCUT2D eigenvalue weighted by Gasteiger charge is 2.07. The molecular formula is C9H14BrN3O. The molecule has 4 nitrogen and oxygen atoms in total. The van der Waals surface area contributed by atoms with Gasteiger partial charge in [-0.3, -0.25) is 4.79 Å². The maximum absolute atomic E-state index is 10.9. The number of carbonyl (C=O) groups is 1. The Hall–Kier alpha value is -1.10. The first-order chi connectivity index (χ1) is 6.65. The van der Waals surface area contributed by atoms with E-state index >= 15 is 0 Å². The van der Waals surface area contributed by atoms with Crippen LogP contribution in [0, 0.1) is 0 Å². The average molecular weight is 260 g/mol. The van der Waals surface area contributed by atoms with Crippen LogP contribution in [0.2, 0.25) is 0 Å². The van der Waals surface area contributed by atoms with Crippen molar-refractivity contribution in [2.24, 2.45) is 5.73 Å². The maximum atomic E-state index is 10.9. The molecule has 0 saturated heterocycles. The van der Waals surface area contributed by atoms with Crippen LogP contribution in [0.15, 0.2) is 16.9 Å². The van der Waals surface area contributed by atoms with Gasteiger partial charge in [0.1, 0.15) is 4.60 Å². The second-order valence-electron chi connectivity index (χ2n) is 2.17. The molecule has 0 bridgehead atoms. The van der Waals surface area contributed by atoms with Gasteiger partial charge in [-0.1, -0.05) is 13.8 Å². The molecule has 0 unspecified atom stereocenters. The molecule has 0 aliphatic heterocycles. The van der Waals surface area contributed by atoms with Crippen LogP contribution in [0.25, 0.3) is 0 Å². The first kappa shape index (κ1) is 12.9. The second kappa shape index (κ2) is 6.37. The highest BCUT2D eigenvalue weighted by atomic mass is 79.9. The van der Waals surface area contributed by atoms with E-state index in [1.54, 1.807) is 19.3 Å². The number of hydrogen-bond donors (Lipinski definition) is 2. The third-order valence-corrected chi connectivity index (χ3v) is 1.84. The Morgan fingerprint density at radius 2 is 2.14 bits per heavy atom. The largest absolute Gasteiger partial charge is 0.386 e. The summed E-state index contributed by atoms with van der Waals surface area (Å²) in [6, 6.07) is 1.58. The third kappa shape index (κ3) is 3.33. The molecule has 1 amide bonds. The van der Waals surface area contributed by atoms with E-state index in [1.807, 2.05) is 13.8 Å². The fourth-order valence-corrected chi connectivity index (χ4v) is 1.16. The fraction of sp³-hybridized carbons (Fsp3) is 0.333. The van der Waals surface area contributed by atoms with E-state index in [9.17, 15) is 4.79 Å². The number of pyridine rings is 1. The number of nitrogens with one attached hydrogen (secondary N) is 1. The van der Waals surface area contributed by atoms with Crippen LogP contribution in [0.4, 0.5) is 5.69 Å². The summed E-state index contributed by atoms with van der Waals surface area (Å²) in [5.74, 6) is -0.470. The van der Waals surface area contributed by atoms with Gasteiger partial charge >= 0.3 is 0 Å². The number of carbonyl (C=O) groups excluding carboxylic acids is 1. The number of anilines is 1. The molecule has 78 valence electrons. The average Bonchev–Trinajstić information content (AvgIpc) is 2.20. The van der Waals surface area contributed by atoms with E-state index in [1.165, 1.54) is 0 Å². The fourth-order valence-electron chi connectivity index (χ4n) is 0.833. The van der Waals surface area contributed by atoms with Crippen LogP contribution in [0.5, 0.6) is 0 Å². The van der Waals surface area contributed by atoms with Gasteiger partial charge in [-0.2, -0.15) is 0 Å². The maximum Gasteiger partial charge on any atom is 0.250 e. The van der Waals surface area contributed by atoms with Crippen LogP contribution in [-0.2, 0) is 0 Å². The van der Waals surface area contributed by atoms with Crippen LogP contribution in [-0.4, -0.2) is 17.9 Å². The van der Waals surface area contributed by atoms with Gasteiger partial charge in [-0.15, -0.1) is 0 Å². The molecule has 3 N–H and O–H groups in total. The molecule has 0 aliphatic rings. The summed E-state index contributed by atoms with van der Waals surface area (Å²) >= 11 is 3.15. The van der Waals surface area contributed by atoms with Crippen molar-refractivity contribution in [3.63, 3.8) is 0 Å². The van der Waals surface area contributed by atoms with Crippen molar-refractivity contribution in [3.8, 4) is 0 Å². The number of halogens is 1. The molecule has 0 aliphatic carbocycles. The quantitative estimate of drug-likeness (QED) is 0.799. The lowest BCUT2D eigenvalue weighted by Gasteiger charge is -2.04. The van der Waals surface area contributed by atoms with Crippen molar-refractivity contribution >= 4 is 27.5 Å². The minimum Gasteiger partial charge on any atom is -0.386 e. The predicted octanol–water partition coefficient (Wildman–Crippen LogP) is 2.01. The van der Waals surface area contributed by atoms with Crippen molar-refractivity contribution in [1.82, 2.24) is 4.98 Å². The van der Waals surface area contributed by atoms with Crippen molar-refractivity contribution in [3.05, 3.63) is 22.4 Å². The molecule has 0 saturated carbocycles. The van der Waals surface area contributed by atoms with Gasteiger partial charge in [-0.05, 0) is 22.0 Å². The number of hydrogen-bond acceptors (Lipinski definition) is 3. The van der Waals surface area contributed by atoms with E-state index in [4.69, 9.17) is 5.73 Å². The summed E-state index contributed by atoms with van der Waals surface area (Å²) in [5, 5.41) is 2.82. The summed E-state index contributed by atoms with van der Waals surface area (Å²) in [5.41, 5.74) is 6.19. The van der Waals surface area contributed by atoms with Gasteiger partial charge in [0.15, 0.2) is 0 Å². The van der Waals surface area contributed by atoms with Crippen LogP contribution >= 0.6 is 15.9 Å². The van der Waals surface area contributed by atoms with Crippen molar-refractivity contribution in [2.45, 2.75) is 13.8 Å². The number of nitrogens with zero attached hydrogens (tertiary/aromatic N) is 1. The lowest BCUT2D eigenvalue weighted by molar-refractivity contribution is 0.100. The Bertz CT molecular complexity index is 315. The zero-order chi connectivity index (χ0) is 11.1. The lowest BCUT2D eigenvalue weighted by Crippen LogP contribution is -2.13. The Kier molecular flexibility index (Phi) is 5.87. The molecule has 0 fully saturated rings. The minimum absolute atomic E-state index is 0.430. The van der Waals surface area contributed by atoms with Crippen molar-refractivity contribution in [1.29, 1.82) is 0 Å². The van der Waals surface area contributed by atoms with E-state index < -0.39 is 5.91 Å². The highest BCUT2D eigenvalue weighted by Crippen LogP contribution is 2.16. The Morgan fingerprint density at radius 1 is 1.57 bits per heavy atom. The van der Waals surface area contributed by atoms with Crippen molar-refractivity contribution < 1.29 is 4.79 Å². The van der Waals surface area contributed by atoms with Gasteiger partial charge < -0.3 is 11.1 Å². The summed E-state index contributed by atoms with van der Waals surface area (Å²) in [4.78, 5) is 14.8. The zero-order valence-electron chi connectivity index (χ0n) is 8.47. The first-order valence-electron chi connectivity index (χ1n) is 4.28. The van der Waals surface area contributed by atoms with Crippen LogP contribution in [0.1, 0.15) is 24.2 Å². The van der Waals surface area contributed by atoms with Crippen LogP contribution < -0.4 is 11.1 Å². The Balaban J connectivity index is 0.000000791. The molecule has 0 atom stereocenters. The standard InChI is InChI=1S/C7H8BrN3O.C2H6/c1-10-5-3-11-6(8)2-4(5)7(9)12;1-2/h2-3,10H,1H3,(H2,9,12);1-2H3. The minimum atomic E-state index is -0.470. The molecule has 5 heteroatoms. The summed E-state index contributed by atoms with van der Waals surface area (Å²) in [6.07, 6.45) is 1.55. The Labute approximate surface area is 92.0 Å². The zero-order valence-corrected chi connectivity index (χ0v) is 10.1. The third-order valence-electron chi connectivity index (χ3n) is 1.41. The molecule has 0 radical (unpaired) electrons. The molecule has 1 rings (SSSR count). The lowest BCUT2D eigenvalue weighted by atomic mass is 10.2. The molecule has 0 spiro atoms. The number of primary amides is 1. The first-order valence-corrected chi connectivity index (χ1v) is 5.07. The van der Waals surface area contributed by atoms with Gasteiger partial charge in [0, 0.05) is 7.05 Å². The molecule has 1 aromatic rings. The van der Waals surface area contributed by atoms with Gasteiger partial charge in [0.05, 0.1) is 17.4 Å². The number of rotatable bonds is 2.